The van der Waals surface area contributed by atoms with Crippen molar-refractivity contribution in [2.45, 2.75) is 6.16 Å². The summed E-state index contributed by atoms with van der Waals surface area (Å²) in [4.78, 5) is 0. The van der Waals surface area contributed by atoms with Crippen molar-refractivity contribution in [2.75, 3.05) is 5.62 Å². The Bertz CT molecular complexity index is 235. The third-order valence-electron chi connectivity index (χ3n) is 1.34. The maximum atomic E-state index is 11.0. The lowest BCUT2D eigenvalue weighted by atomic mass is 10.2. The second-order valence-electron chi connectivity index (χ2n) is 2.25. The highest BCUT2D eigenvalue weighted by atomic mass is 35.5. The van der Waals surface area contributed by atoms with Crippen LogP contribution in [-0.4, -0.2) is 5.62 Å². The van der Waals surface area contributed by atoms with E-state index in [0.29, 0.717) is 6.16 Å². The van der Waals surface area contributed by atoms with Gasteiger partial charge < -0.3 is 0 Å². The molecule has 1 aromatic carbocycles. The van der Waals surface area contributed by atoms with Crippen molar-refractivity contribution in [2.24, 2.45) is 0 Å². The highest BCUT2D eigenvalue weighted by Gasteiger charge is 2.12. The Balaban J connectivity index is 2.58. The summed E-state index contributed by atoms with van der Waals surface area (Å²) in [5.74, 6) is 0. The second kappa shape index (κ2) is 4.48. The predicted octanol–water partition coefficient (Wildman–Crippen LogP) is 3.21. The number of benzene rings is 1. The Morgan fingerprint density at radius 2 is 1.91 bits per heavy atom. The molecule has 1 aromatic rings. The molecule has 1 atom stereocenters. The van der Waals surface area contributed by atoms with Crippen LogP contribution in [0.5, 0.6) is 0 Å². The van der Waals surface area contributed by atoms with Crippen molar-refractivity contribution < 1.29 is 4.57 Å². The van der Waals surface area contributed by atoms with Crippen LogP contribution < -0.4 is 0 Å². The van der Waals surface area contributed by atoms with Crippen molar-refractivity contribution in [3.05, 3.63) is 35.9 Å². The fourth-order valence-electron chi connectivity index (χ4n) is 0.829. The van der Waals surface area contributed by atoms with Crippen molar-refractivity contribution in [1.29, 1.82) is 0 Å². The van der Waals surface area contributed by atoms with Gasteiger partial charge in [-0.15, -0.1) is 0 Å². The van der Waals surface area contributed by atoms with Crippen LogP contribution in [0.1, 0.15) is 5.56 Å². The van der Waals surface area contributed by atoms with Gasteiger partial charge in [-0.1, -0.05) is 46.5 Å². The first-order valence-corrected chi connectivity index (χ1v) is 5.51. The van der Waals surface area contributed by atoms with E-state index in [-0.39, 0.29) is 5.62 Å². The van der Waals surface area contributed by atoms with Crippen molar-refractivity contribution in [1.82, 2.24) is 0 Å². The van der Waals surface area contributed by atoms with Gasteiger partial charge in [-0.3, -0.25) is 0 Å². The minimum atomic E-state index is -1.24. The molecular formula is C8H9ClOP+. The van der Waals surface area contributed by atoms with Gasteiger partial charge in [0.1, 0.15) is 0 Å². The van der Waals surface area contributed by atoms with Crippen LogP contribution >= 0.6 is 19.4 Å². The zero-order valence-corrected chi connectivity index (χ0v) is 7.68. The standard InChI is InChI=1S/C8H9ClOP/c9-7-11(10)6-8-4-2-1-3-5-8/h1-5H,6-7H2/q+1. The molecule has 0 saturated heterocycles. The minimum absolute atomic E-state index is 0.254. The Kier molecular flexibility index (Phi) is 3.55. The highest BCUT2D eigenvalue weighted by Crippen LogP contribution is 2.27. The van der Waals surface area contributed by atoms with Gasteiger partial charge in [0.15, 0.2) is 6.16 Å². The molecule has 58 valence electrons. The van der Waals surface area contributed by atoms with Gasteiger partial charge in [-0.25, -0.2) is 0 Å². The fraction of sp³-hybridized carbons (Fsp3) is 0.250. The number of hydrogen-bond donors (Lipinski definition) is 0. The van der Waals surface area contributed by atoms with Gasteiger partial charge in [0.25, 0.3) is 0 Å². The molecule has 11 heavy (non-hydrogen) atoms. The summed E-state index contributed by atoms with van der Waals surface area (Å²) in [6.45, 7) is 0. The SMILES string of the molecule is O=[P+](CCl)Cc1ccccc1. The zero-order valence-electron chi connectivity index (χ0n) is 6.03. The monoisotopic (exact) mass is 187 g/mol. The predicted molar refractivity (Wildman–Crippen MR) is 48.5 cm³/mol. The van der Waals surface area contributed by atoms with Gasteiger partial charge in [0, 0.05) is 0 Å². The average Bonchev–Trinajstić information content (AvgIpc) is 2.06. The fourth-order valence-corrected chi connectivity index (χ4v) is 1.79. The number of rotatable bonds is 3. The number of hydrogen-bond acceptors (Lipinski definition) is 1. The van der Waals surface area contributed by atoms with Gasteiger partial charge >= 0.3 is 7.80 Å². The van der Waals surface area contributed by atoms with E-state index in [1.54, 1.807) is 0 Å². The van der Waals surface area contributed by atoms with Gasteiger partial charge in [0.2, 0.25) is 5.62 Å². The molecule has 0 saturated carbocycles. The summed E-state index contributed by atoms with van der Waals surface area (Å²) in [5, 5.41) is 0. The summed E-state index contributed by atoms with van der Waals surface area (Å²) in [6.07, 6.45) is 0.597. The topological polar surface area (TPSA) is 17.1 Å². The van der Waals surface area contributed by atoms with E-state index in [0.717, 1.165) is 5.56 Å². The van der Waals surface area contributed by atoms with Crippen LogP contribution in [0.25, 0.3) is 0 Å². The Morgan fingerprint density at radius 1 is 1.27 bits per heavy atom. The largest absolute Gasteiger partial charge is 0.359 e. The van der Waals surface area contributed by atoms with Crippen LogP contribution in [0.3, 0.4) is 0 Å². The molecule has 0 aromatic heterocycles. The normalized spacial score (nSPS) is 11.2. The van der Waals surface area contributed by atoms with Crippen LogP contribution in [0.4, 0.5) is 0 Å². The molecule has 0 aliphatic heterocycles. The third kappa shape index (κ3) is 3.00. The van der Waals surface area contributed by atoms with Crippen molar-refractivity contribution in [3.63, 3.8) is 0 Å². The summed E-state index contributed by atoms with van der Waals surface area (Å²) in [5.41, 5.74) is 1.35. The summed E-state index contributed by atoms with van der Waals surface area (Å²) in [6, 6.07) is 9.73. The molecular weight excluding hydrogens is 179 g/mol. The van der Waals surface area contributed by atoms with Gasteiger partial charge in [-0.2, -0.15) is 0 Å². The number of alkyl halides is 1. The van der Waals surface area contributed by atoms with Crippen molar-refractivity contribution in [3.8, 4) is 0 Å². The van der Waals surface area contributed by atoms with Gasteiger partial charge in [0.05, 0.1) is 0 Å². The summed E-state index contributed by atoms with van der Waals surface area (Å²) >= 11 is 5.42. The molecule has 0 bridgehead atoms. The average molecular weight is 188 g/mol. The van der Waals surface area contributed by atoms with E-state index >= 15 is 0 Å². The molecule has 0 spiro atoms. The smallest absolute Gasteiger partial charge is 0.0730 e. The maximum absolute atomic E-state index is 11.0. The zero-order chi connectivity index (χ0) is 8.10. The molecule has 0 heterocycles. The Labute approximate surface area is 72.2 Å². The van der Waals surface area contributed by atoms with E-state index in [4.69, 9.17) is 11.6 Å². The van der Waals surface area contributed by atoms with E-state index in [2.05, 4.69) is 0 Å². The Hall–Kier alpha value is -0.390. The van der Waals surface area contributed by atoms with Crippen LogP contribution in [-0.2, 0) is 10.7 Å². The summed E-state index contributed by atoms with van der Waals surface area (Å²) in [7, 11) is -1.24. The first kappa shape index (κ1) is 8.70. The second-order valence-corrected chi connectivity index (χ2v) is 4.48. The van der Waals surface area contributed by atoms with Crippen molar-refractivity contribution >= 4 is 19.4 Å². The highest BCUT2D eigenvalue weighted by molar-refractivity contribution is 7.45. The summed E-state index contributed by atoms with van der Waals surface area (Å²) < 4.78 is 11.0. The molecule has 1 unspecified atom stereocenters. The van der Waals surface area contributed by atoms with E-state index in [1.807, 2.05) is 30.3 Å². The quantitative estimate of drug-likeness (QED) is 0.525. The third-order valence-corrected chi connectivity index (χ3v) is 3.12. The molecule has 0 N–H and O–H groups in total. The molecule has 0 radical (unpaired) electrons. The minimum Gasteiger partial charge on any atom is -0.0730 e. The maximum Gasteiger partial charge on any atom is 0.359 e. The van der Waals surface area contributed by atoms with Crippen LogP contribution in [0.2, 0.25) is 0 Å². The lowest BCUT2D eigenvalue weighted by molar-refractivity contribution is 0.590. The molecule has 3 heteroatoms. The van der Waals surface area contributed by atoms with E-state index < -0.39 is 7.80 Å². The molecule has 0 aliphatic carbocycles. The molecule has 0 aliphatic rings. The Morgan fingerprint density at radius 3 is 2.45 bits per heavy atom. The van der Waals surface area contributed by atoms with E-state index in [9.17, 15) is 4.57 Å². The molecule has 1 rings (SSSR count). The van der Waals surface area contributed by atoms with Gasteiger partial charge in [-0.05, 0) is 5.56 Å². The van der Waals surface area contributed by atoms with Crippen LogP contribution in [0.15, 0.2) is 30.3 Å². The van der Waals surface area contributed by atoms with Crippen LogP contribution in [0, 0.1) is 0 Å². The number of halogens is 1. The van der Waals surface area contributed by atoms with E-state index in [1.165, 1.54) is 0 Å². The first-order chi connectivity index (χ1) is 5.33. The first-order valence-electron chi connectivity index (χ1n) is 3.35. The lowest BCUT2D eigenvalue weighted by Crippen LogP contribution is -1.77. The lowest BCUT2D eigenvalue weighted by Gasteiger charge is -1.88. The molecule has 1 nitrogen and oxygen atoms in total. The molecule has 0 amide bonds. The molecule has 0 fully saturated rings.